The zero-order valence-electron chi connectivity index (χ0n) is 12.1. The van der Waals surface area contributed by atoms with Crippen LogP contribution in [0, 0.1) is 0 Å². The maximum atomic E-state index is 12.0. The molecule has 0 unspecified atom stereocenters. The predicted molar refractivity (Wildman–Crippen MR) is 83.1 cm³/mol. The summed E-state index contributed by atoms with van der Waals surface area (Å²) in [6.07, 6.45) is 4.79. The lowest BCUT2D eigenvalue weighted by Gasteiger charge is -2.15. The Morgan fingerprint density at radius 2 is 1.91 bits per heavy atom. The quantitative estimate of drug-likeness (QED) is 0.860. The van der Waals surface area contributed by atoms with Gasteiger partial charge in [0.15, 0.2) is 0 Å². The average Bonchev–Trinajstić information content (AvgIpc) is 2.54. The monoisotopic (exact) mass is 296 g/mol. The van der Waals surface area contributed by atoms with E-state index >= 15 is 0 Å². The van der Waals surface area contributed by atoms with E-state index in [-0.39, 0.29) is 11.5 Å². The van der Waals surface area contributed by atoms with Crippen LogP contribution in [-0.4, -0.2) is 33.9 Å². The highest BCUT2D eigenvalue weighted by Gasteiger charge is 2.07. The molecule has 0 radical (unpaired) electrons. The van der Waals surface area contributed by atoms with E-state index in [1.165, 1.54) is 18.2 Å². The minimum atomic E-state index is -0.964. The van der Waals surface area contributed by atoms with Crippen LogP contribution >= 0.6 is 0 Å². The number of aromatic nitrogens is 1. The molecule has 0 saturated carbocycles. The summed E-state index contributed by atoms with van der Waals surface area (Å²) in [5.74, 6) is -1.11. The normalized spacial score (nSPS) is 10.6. The number of benzene rings is 1. The van der Waals surface area contributed by atoms with Crippen molar-refractivity contribution in [2.75, 3.05) is 7.05 Å². The lowest BCUT2D eigenvalue weighted by atomic mass is 10.1. The second-order valence-electron chi connectivity index (χ2n) is 4.78. The first-order chi connectivity index (χ1) is 10.6. The van der Waals surface area contributed by atoms with Gasteiger partial charge < -0.3 is 10.0 Å². The van der Waals surface area contributed by atoms with Crippen LogP contribution in [0.5, 0.6) is 0 Å². The fraction of sp³-hybridized carbons (Fsp3) is 0.118. The van der Waals surface area contributed by atoms with Gasteiger partial charge in [-0.25, -0.2) is 4.79 Å². The SMILES string of the molecule is CN(Cc1ccc(C(=O)O)cc1)C(=O)C=Cc1ccccn1. The van der Waals surface area contributed by atoms with E-state index in [9.17, 15) is 9.59 Å². The van der Waals surface area contributed by atoms with Crippen molar-refractivity contribution in [2.24, 2.45) is 0 Å². The van der Waals surface area contributed by atoms with E-state index in [2.05, 4.69) is 4.98 Å². The van der Waals surface area contributed by atoms with Gasteiger partial charge >= 0.3 is 5.97 Å². The van der Waals surface area contributed by atoms with Crippen molar-refractivity contribution >= 4 is 18.0 Å². The number of carbonyl (C=O) groups excluding carboxylic acids is 1. The summed E-state index contributed by atoms with van der Waals surface area (Å²) in [6.45, 7) is 0.408. The highest BCUT2D eigenvalue weighted by Crippen LogP contribution is 2.08. The van der Waals surface area contributed by atoms with Gasteiger partial charge in [0, 0.05) is 25.9 Å². The smallest absolute Gasteiger partial charge is 0.335 e. The second-order valence-corrected chi connectivity index (χ2v) is 4.78. The van der Waals surface area contributed by atoms with Gasteiger partial charge in [0.25, 0.3) is 0 Å². The molecule has 22 heavy (non-hydrogen) atoms. The van der Waals surface area contributed by atoms with Crippen molar-refractivity contribution in [1.82, 2.24) is 9.88 Å². The van der Waals surface area contributed by atoms with Gasteiger partial charge in [-0.15, -0.1) is 0 Å². The summed E-state index contributed by atoms with van der Waals surface area (Å²) >= 11 is 0. The molecule has 0 saturated heterocycles. The summed E-state index contributed by atoms with van der Waals surface area (Å²) in [6, 6.07) is 11.9. The number of rotatable bonds is 5. The maximum absolute atomic E-state index is 12.0. The second kappa shape index (κ2) is 7.17. The Labute approximate surface area is 128 Å². The Hall–Kier alpha value is -2.95. The van der Waals surface area contributed by atoms with Gasteiger partial charge in [-0.3, -0.25) is 9.78 Å². The third kappa shape index (κ3) is 4.28. The molecule has 0 bridgehead atoms. The molecule has 112 valence electrons. The highest BCUT2D eigenvalue weighted by atomic mass is 16.4. The number of hydrogen-bond acceptors (Lipinski definition) is 3. The molecular weight excluding hydrogens is 280 g/mol. The van der Waals surface area contributed by atoms with Crippen molar-refractivity contribution in [3.63, 3.8) is 0 Å². The van der Waals surface area contributed by atoms with Crippen molar-refractivity contribution in [1.29, 1.82) is 0 Å². The summed E-state index contributed by atoms with van der Waals surface area (Å²) in [4.78, 5) is 28.5. The molecule has 0 aliphatic carbocycles. The van der Waals surface area contributed by atoms with Crippen LogP contribution in [0.25, 0.3) is 6.08 Å². The predicted octanol–water partition coefficient (Wildman–Crippen LogP) is 2.45. The van der Waals surface area contributed by atoms with E-state index < -0.39 is 5.97 Å². The van der Waals surface area contributed by atoms with Crippen LogP contribution in [0.1, 0.15) is 21.6 Å². The molecule has 0 spiro atoms. The number of carboxylic acid groups (broad SMARTS) is 1. The molecule has 0 aliphatic rings. The summed E-state index contributed by atoms with van der Waals surface area (Å²) in [5.41, 5.74) is 1.81. The zero-order valence-corrected chi connectivity index (χ0v) is 12.1. The average molecular weight is 296 g/mol. The van der Waals surface area contributed by atoms with Crippen molar-refractivity contribution < 1.29 is 14.7 Å². The molecule has 0 fully saturated rings. The fourth-order valence-electron chi connectivity index (χ4n) is 1.86. The summed E-state index contributed by atoms with van der Waals surface area (Å²) < 4.78 is 0. The van der Waals surface area contributed by atoms with Crippen LogP contribution in [-0.2, 0) is 11.3 Å². The van der Waals surface area contributed by atoms with Crippen molar-refractivity contribution in [3.05, 3.63) is 71.6 Å². The zero-order chi connectivity index (χ0) is 15.9. The van der Waals surface area contributed by atoms with E-state index in [0.29, 0.717) is 6.54 Å². The third-order valence-corrected chi connectivity index (χ3v) is 3.08. The lowest BCUT2D eigenvalue weighted by Crippen LogP contribution is -2.24. The molecule has 5 nitrogen and oxygen atoms in total. The maximum Gasteiger partial charge on any atom is 0.335 e. The number of carboxylic acids is 1. The van der Waals surface area contributed by atoms with E-state index in [4.69, 9.17) is 5.11 Å². The van der Waals surface area contributed by atoms with Gasteiger partial charge in [-0.05, 0) is 35.9 Å². The van der Waals surface area contributed by atoms with Crippen molar-refractivity contribution in [2.45, 2.75) is 6.54 Å². The van der Waals surface area contributed by atoms with Crippen LogP contribution in [0.3, 0.4) is 0 Å². The molecule has 2 rings (SSSR count). The number of amides is 1. The number of nitrogens with zero attached hydrogens (tertiary/aromatic N) is 2. The largest absolute Gasteiger partial charge is 0.478 e. The first-order valence-electron chi connectivity index (χ1n) is 6.72. The minimum Gasteiger partial charge on any atom is -0.478 e. The molecule has 5 heteroatoms. The molecular formula is C17H16N2O3. The standard InChI is InChI=1S/C17H16N2O3/c1-19(12-13-5-7-14(8-6-13)17(21)22)16(20)10-9-15-4-2-3-11-18-15/h2-11H,12H2,1H3,(H,21,22). The van der Waals surface area contributed by atoms with Crippen molar-refractivity contribution in [3.8, 4) is 0 Å². The van der Waals surface area contributed by atoms with Crippen LogP contribution < -0.4 is 0 Å². The molecule has 1 N–H and O–H groups in total. The fourth-order valence-corrected chi connectivity index (χ4v) is 1.86. The molecule has 1 aromatic heterocycles. The van der Waals surface area contributed by atoms with Crippen LogP contribution in [0.4, 0.5) is 0 Å². The van der Waals surface area contributed by atoms with E-state index in [0.717, 1.165) is 11.3 Å². The van der Waals surface area contributed by atoms with Gasteiger partial charge in [0.05, 0.1) is 11.3 Å². The Balaban J connectivity index is 1.96. The first kappa shape index (κ1) is 15.4. The highest BCUT2D eigenvalue weighted by molar-refractivity contribution is 5.91. The van der Waals surface area contributed by atoms with Gasteiger partial charge in [0.2, 0.25) is 5.91 Å². The molecule has 0 aliphatic heterocycles. The topological polar surface area (TPSA) is 70.5 Å². The van der Waals surface area contributed by atoms with Crippen LogP contribution in [0.15, 0.2) is 54.7 Å². The number of hydrogen-bond donors (Lipinski definition) is 1. The van der Waals surface area contributed by atoms with Gasteiger partial charge in [-0.2, -0.15) is 0 Å². The Morgan fingerprint density at radius 1 is 1.18 bits per heavy atom. The number of pyridine rings is 1. The Kier molecular flexibility index (Phi) is 5.03. The summed E-state index contributed by atoms with van der Waals surface area (Å²) in [7, 11) is 1.69. The number of aromatic carboxylic acids is 1. The lowest BCUT2D eigenvalue weighted by molar-refractivity contribution is -0.125. The molecule has 1 amide bonds. The molecule has 0 atom stereocenters. The minimum absolute atomic E-state index is 0.145. The number of likely N-dealkylation sites (N-methyl/N-ethyl adjacent to an activating group) is 1. The van der Waals surface area contributed by atoms with Gasteiger partial charge in [0.1, 0.15) is 0 Å². The first-order valence-corrected chi connectivity index (χ1v) is 6.72. The summed E-state index contributed by atoms with van der Waals surface area (Å²) in [5, 5.41) is 8.84. The molecule has 1 aromatic carbocycles. The number of carbonyl (C=O) groups is 2. The third-order valence-electron chi connectivity index (χ3n) is 3.08. The Bertz CT molecular complexity index is 679. The molecule has 2 aromatic rings. The van der Waals surface area contributed by atoms with Gasteiger partial charge in [-0.1, -0.05) is 18.2 Å². The van der Waals surface area contributed by atoms with Crippen LogP contribution in [0.2, 0.25) is 0 Å². The Morgan fingerprint density at radius 3 is 2.50 bits per heavy atom. The van der Waals surface area contributed by atoms with E-state index in [1.807, 2.05) is 18.2 Å². The van der Waals surface area contributed by atoms with E-state index in [1.54, 1.807) is 36.4 Å². The molecule has 1 heterocycles.